The van der Waals surface area contributed by atoms with Gasteiger partial charge in [0.05, 0.1) is 6.04 Å². The molecule has 1 fully saturated rings. The first kappa shape index (κ1) is 10.2. The van der Waals surface area contributed by atoms with Crippen molar-refractivity contribution in [2.75, 3.05) is 0 Å². The molecule has 0 spiro atoms. The second-order valence-electron chi connectivity index (χ2n) is 3.62. The summed E-state index contributed by atoms with van der Waals surface area (Å²) in [5, 5.41) is 1.37. The Kier molecular flexibility index (Phi) is 2.98. The van der Waals surface area contributed by atoms with E-state index in [0.717, 1.165) is 5.56 Å². The maximum absolute atomic E-state index is 6.09. The zero-order chi connectivity index (χ0) is 10.1. The summed E-state index contributed by atoms with van der Waals surface area (Å²) in [5.41, 5.74) is 3.72. The molecule has 1 aromatic carbocycles. The number of nitrogens with two attached hydrogens (primary N) is 1. The maximum Gasteiger partial charge on any atom is 0.0517 e. The third-order valence-corrected chi connectivity index (χ3v) is 3.24. The van der Waals surface area contributed by atoms with E-state index in [4.69, 9.17) is 29.0 Å². The molecule has 3 N–H and O–H groups in total. The lowest BCUT2D eigenvalue weighted by Gasteiger charge is -2.18. The number of hydrogen-bond donors (Lipinski definition) is 2. The predicted octanol–water partition coefficient (Wildman–Crippen LogP) is 2.91. The van der Waals surface area contributed by atoms with Crippen molar-refractivity contribution in [3.8, 4) is 0 Å². The molecule has 14 heavy (non-hydrogen) atoms. The molecule has 2 rings (SSSR count). The van der Waals surface area contributed by atoms with Crippen LogP contribution in [0.2, 0.25) is 10.0 Å². The summed E-state index contributed by atoms with van der Waals surface area (Å²) in [6.07, 6.45) is 2.38. The molecule has 0 radical (unpaired) electrons. The van der Waals surface area contributed by atoms with Gasteiger partial charge in [-0.05, 0) is 30.9 Å². The highest BCUT2D eigenvalue weighted by molar-refractivity contribution is 6.36. The fraction of sp³-hybridized carbons (Fsp3) is 0.400. The topological polar surface area (TPSA) is 38.0 Å². The van der Waals surface area contributed by atoms with Gasteiger partial charge in [-0.15, -0.1) is 0 Å². The van der Waals surface area contributed by atoms with E-state index in [1.807, 2.05) is 18.2 Å². The van der Waals surface area contributed by atoms with Gasteiger partial charge in [-0.3, -0.25) is 11.3 Å². The van der Waals surface area contributed by atoms with E-state index in [0.29, 0.717) is 16.0 Å². The molecule has 0 aliphatic heterocycles. The van der Waals surface area contributed by atoms with Crippen molar-refractivity contribution in [3.63, 3.8) is 0 Å². The molecule has 1 aliphatic rings. The molecule has 0 amide bonds. The highest BCUT2D eigenvalue weighted by Crippen LogP contribution is 2.44. The predicted molar refractivity (Wildman–Crippen MR) is 59.3 cm³/mol. The number of hydrazine groups is 1. The van der Waals surface area contributed by atoms with Crippen LogP contribution < -0.4 is 11.3 Å². The van der Waals surface area contributed by atoms with Gasteiger partial charge in [0.25, 0.3) is 0 Å². The minimum absolute atomic E-state index is 0.0937. The van der Waals surface area contributed by atoms with E-state index in [2.05, 4.69) is 5.43 Å². The van der Waals surface area contributed by atoms with Crippen molar-refractivity contribution in [2.24, 2.45) is 11.8 Å². The summed E-state index contributed by atoms with van der Waals surface area (Å²) in [5.74, 6) is 6.10. The minimum Gasteiger partial charge on any atom is -0.271 e. The Hall–Kier alpha value is -0.280. The summed E-state index contributed by atoms with van der Waals surface area (Å²) in [7, 11) is 0. The molecular formula is C10H12Cl2N2. The van der Waals surface area contributed by atoms with E-state index >= 15 is 0 Å². The zero-order valence-electron chi connectivity index (χ0n) is 7.63. The Morgan fingerprint density at radius 3 is 2.29 bits per heavy atom. The smallest absolute Gasteiger partial charge is 0.0517 e. The minimum atomic E-state index is 0.0937. The Morgan fingerprint density at radius 1 is 1.29 bits per heavy atom. The van der Waals surface area contributed by atoms with Gasteiger partial charge in [-0.25, -0.2) is 0 Å². The zero-order valence-corrected chi connectivity index (χ0v) is 9.15. The van der Waals surface area contributed by atoms with Gasteiger partial charge in [0, 0.05) is 15.6 Å². The number of hydrogen-bond acceptors (Lipinski definition) is 2. The normalized spacial score (nSPS) is 18.2. The molecule has 2 nitrogen and oxygen atoms in total. The number of benzene rings is 1. The number of rotatable bonds is 3. The van der Waals surface area contributed by atoms with E-state index < -0.39 is 0 Å². The standard InChI is InChI=1S/C10H12Cl2N2/c11-7-2-1-3-8(12)9(7)10(14-13)6-4-5-6/h1-3,6,10,14H,4-5,13H2. The van der Waals surface area contributed by atoms with Crippen LogP contribution in [-0.4, -0.2) is 0 Å². The summed E-state index contributed by atoms with van der Waals surface area (Å²) in [4.78, 5) is 0. The summed E-state index contributed by atoms with van der Waals surface area (Å²) in [6.45, 7) is 0. The van der Waals surface area contributed by atoms with Gasteiger partial charge < -0.3 is 0 Å². The van der Waals surface area contributed by atoms with Crippen LogP contribution in [0.1, 0.15) is 24.4 Å². The van der Waals surface area contributed by atoms with E-state index in [9.17, 15) is 0 Å². The molecule has 1 saturated carbocycles. The fourth-order valence-electron chi connectivity index (χ4n) is 1.69. The Balaban J connectivity index is 2.36. The van der Waals surface area contributed by atoms with Crippen molar-refractivity contribution in [3.05, 3.63) is 33.8 Å². The second-order valence-corrected chi connectivity index (χ2v) is 4.43. The maximum atomic E-state index is 6.09. The highest BCUT2D eigenvalue weighted by Gasteiger charge is 2.33. The van der Waals surface area contributed by atoms with E-state index in [1.165, 1.54) is 12.8 Å². The number of nitrogens with one attached hydrogen (secondary N) is 1. The molecule has 1 aliphatic carbocycles. The molecule has 1 atom stereocenters. The van der Waals surface area contributed by atoms with Crippen molar-refractivity contribution in [2.45, 2.75) is 18.9 Å². The Bertz CT molecular complexity index is 317. The highest BCUT2D eigenvalue weighted by atomic mass is 35.5. The van der Waals surface area contributed by atoms with Crippen LogP contribution in [0.25, 0.3) is 0 Å². The SMILES string of the molecule is NNC(c1c(Cl)cccc1Cl)C1CC1. The molecule has 76 valence electrons. The number of halogens is 2. The first-order chi connectivity index (χ1) is 6.74. The Labute approximate surface area is 93.4 Å². The second kappa shape index (κ2) is 4.07. The average molecular weight is 231 g/mol. The third-order valence-electron chi connectivity index (χ3n) is 2.58. The van der Waals surface area contributed by atoms with Gasteiger partial charge in [0.2, 0.25) is 0 Å². The first-order valence-electron chi connectivity index (χ1n) is 4.64. The third kappa shape index (κ3) is 1.89. The average Bonchev–Trinajstić information content (AvgIpc) is 2.95. The van der Waals surface area contributed by atoms with Gasteiger partial charge in [-0.2, -0.15) is 0 Å². The monoisotopic (exact) mass is 230 g/mol. The summed E-state index contributed by atoms with van der Waals surface area (Å²) < 4.78 is 0. The lowest BCUT2D eigenvalue weighted by molar-refractivity contribution is 0.497. The van der Waals surface area contributed by atoms with Gasteiger partial charge >= 0.3 is 0 Å². The summed E-state index contributed by atoms with van der Waals surface area (Å²) >= 11 is 12.2. The van der Waals surface area contributed by atoms with Crippen LogP contribution in [-0.2, 0) is 0 Å². The fourth-order valence-corrected chi connectivity index (χ4v) is 2.33. The van der Waals surface area contributed by atoms with Crippen molar-refractivity contribution >= 4 is 23.2 Å². The van der Waals surface area contributed by atoms with Crippen molar-refractivity contribution in [1.82, 2.24) is 5.43 Å². The first-order valence-corrected chi connectivity index (χ1v) is 5.39. The molecule has 4 heteroatoms. The van der Waals surface area contributed by atoms with Gasteiger partial charge in [-0.1, -0.05) is 29.3 Å². The molecule has 1 aromatic rings. The summed E-state index contributed by atoms with van der Waals surface area (Å²) in [6, 6.07) is 5.62. The van der Waals surface area contributed by atoms with Crippen LogP contribution in [0.3, 0.4) is 0 Å². The largest absolute Gasteiger partial charge is 0.271 e. The van der Waals surface area contributed by atoms with Gasteiger partial charge in [0.1, 0.15) is 0 Å². The molecule has 0 bridgehead atoms. The van der Waals surface area contributed by atoms with Crippen molar-refractivity contribution in [1.29, 1.82) is 0 Å². The van der Waals surface area contributed by atoms with Gasteiger partial charge in [0.15, 0.2) is 0 Å². The molecular weight excluding hydrogens is 219 g/mol. The lowest BCUT2D eigenvalue weighted by Crippen LogP contribution is -2.29. The molecule has 0 heterocycles. The van der Waals surface area contributed by atoms with E-state index in [1.54, 1.807) is 0 Å². The molecule has 0 saturated heterocycles. The van der Waals surface area contributed by atoms with Crippen LogP contribution in [0.15, 0.2) is 18.2 Å². The molecule has 1 unspecified atom stereocenters. The molecule has 0 aromatic heterocycles. The van der Waals surface area contributed by atoms with Crippen molar-refractivity contribution < 1.29 is 0 Å². The lowest BCUT2D eigenvalue weighted by atomic mass is 10.0. The quantitative estimate of drug-likeness (QED) is 0.620. The Morgan fingerprint density at radius 2 is 1.86 bits per heavy atom. The van der Waals surface area contributed by atoms with Crippen LogP contribution in [0, 0.1) is 5.92 Å². The van der Waals surface area contributed by atoms with Crippen LogP contribution in [0.4, 0.5) is 0 Å². The van der Waals surface area contributed by atoms with Crippen LogP contribution in [0.5, 0.6) is 0 Å². The van der Waals surface area contributed by atoms with E-state index in [-0.39, 0.29) is 6.04 Å². The van der Waals surface area contributed by atoms with Crippen LogP contribution >= 0.6 is 23.2 Å².